The summed E-state index contributed by atoms with van der Waals surface area (Å²) in [5, 5.41) is 0. The molecule has 146 valence electrons. The van der Waals surface area contributed by atoms with Crippen molar-refractivity contribution in [3.63, 3.8) is 0 Å². The van der Waals surface area contributed by atoms with Gasteiger partial charge < -0.3 is 18.9 Å². The largest absolute Gasteiger partial charge is 0.494 e. The Morgan fingerprint density at radius 1 is 0.963 bits per heavy atom. The van der Waals surface area contributed by atoms with Crippen LogP contribution in [-0.2, 0) is 23.8 Å². The summed E-state index contributed by atoms with van der Waals surface area (Å²) in [5.41, 5.74) is 0.598. The lowest BCUT2D eigenvalue weighted by Crippen LogP contribution is -2.29. The Balaban J connectivity index is 2.20. The van der Waals surface area contributed by atoms with E-state index >= 15 is 0 Å². The first-order chi connectivity index (χ1) is 13.1. The molecule has 1 atom stereocenters. The van der Waals surface area contributed by atoms with E-state index in [1.807, 2.05) is 0 Å². The molecule has 0 heterocycles. The van der Waals surface area contributed by atoms with E-state index in [1.165, 1.54) is 0 Å². The maximum atomic E-state index is 11.3. The van der Waals surface area contributed by atoms with E-state index in [2.05, 4.69) is 13.2 Å². The van der Waals surface area contributed by atoms with Gasteiger partial charge in [0.05, 0.1) is 13.2 Å². The number of esters is 2. The molecule has 0 saturated heterocycles. The highest BCUT2D eigenvalue weighted by atomic mass is 16.6. The fraction of sp³-hybridized carbons (Fsp3) is 0.350. The average molecular weight is 376 g/mol. The normalized spacial score (nSPS) is 11.1. The molecule has 0 saturated carbocycles. The number of aldehydes is 1. The van der Waals surface area contributed by atoms with Gasteiger partial charge in [0.25, 0.3) is 0 Å². The Kier molecular flexibility index (Phi) is 10.9. The third-order valence-corrected chi connectivity index (χ3v) is 3.30. The number of carbonyl (C=O) groups is 3. The van der Waals surface area contributed by atoms with Crippen molar-refractivity contribution in [1.82, 2.24) is 0 Å². The number of ether oxygens (including phenoxy) is 4. The molecule has 7 heteroatoms. The number of hydrogen-bond acceptors (Lipinski definition) is 7. The van der Waals surface area contributed by atoms with Gasteiger partial charge in [-0.2, -0.15) is 0 Å². The number of rotatable bonds is 14. The van der Waals surface area contributed by atoms with Gasteiger partial charge >= 0.3 is 11.9 Å². The van der Waals surface area contributed by atoms with E-state index in [0.29, 0.717) is 24.5 Å². The molecule has 0 N–H and O–H groups in total. The van der Waals surface area contributed by atoms with E-state index in [9.17, 15) is 14.4 Å². The number of carbonyl (C=O) groups excluding carboxylic acids is 3. The van der Waals surface area contributed by atoms with Crippen LogP contribution in [-0.4, -0.2) is 50.8 Å². The Morgan fingerprint density at radius 3 is 2.26 bits per heavy atom. The topological polar surface area (TPSA) is 88.1 Å². The van der Waals surface area contributed by atoms with Crippen LogP contribution in [0.1, 0.15) is 23.2 Å². The fourth-order valence-corrected chi connectivity index (χ4v) is 1.92. The van der Waals surface area contributed by atoms with Gasteiger partial charge in [0.15, 0.2) is 6.10 Å². The molecule has 0 bridgehead atoms. The summed E-state index contributed by atoms with van der Waals surface area (Å²) < 4.78 is 21.0. The summed E-state index contributed by atoms with van der Waals surface area (Å²) in [4.78, 5) is 33.0. The minimum Gasteiger partial charge on any atom is -0.494 e. The van der Waals surface area contributed by atoms with Crippen molar-refractivity contribution in [2.45, 2.75) is 18.9 Å². The molecule has 27 heavy (non-hydrogen) atoms. The second kappa shape index (κ2) is 13.3. The second-order valence-electron chi connectivity index (χ2n) is 5.41. The molecule has 1 aromatic carbocycles. The van der Waals surface area contributed by atoms with Crippen LogP contribution in [0.2, 0.25) is 0 Å². The molecular formula is C20H24O7. The molecule has 1 aromatic rings. The summed E-state index contributed by atoms with van der Waals surface area (Å²) in [6.07, 6.45) is 3.62. The summed E-state index contributed by atoms with van der Waals surface area (Å²) in [6, 6.07) is 6.86. The molecule has 0 spiro atoms. The molecule has 0 radical (unpaired) electrons. The van der Waals surface area contributed by atoms with E-state index in [-0.39, 0.29) is 13.2 Å². The summed E-state index contributed by atoms with van der Waals surface area (Å²) in [7, 11) is 0. The van der Waals surface area contributed by atoms with Crippen molar-refractivity contribution in [1.29, 1.82) is 0 Å². The van der Waals surface area contributed by atoms with Gasteiger partial charge in [-0.25, -0.2) is 9.59 Å². The van der Waals surface area contributed by atoms with Gasteiger partial charge in [-0.15, -0.1) is 0 Å². The third kappa shape index (κ3) is 9.96. The highest BCUT2D eigenvalue weighted by Gasteiger charge is 2.15. The van der Waals surface area contributed by atoms with E-state index in [0.717, 1.165) is 31.3 Å². The van der Waals surface area contributed by atoms with Crippen molar-refractivity contribution >= 4 is 18.2 Å². The number of unbranched alkanes of at least 4 members (excludes halogenated alkanes) is 1. The first kappa shape index (κ1) is 22.1. The molecule has 1 unspecified atom stereocenters. The predicted molar refractivity (Wildman–Crippen MR) is 98.6 cm³/mol. The maximum absolute atomic E-state index is 11.3. The SMILES string of the molecule is C=CC(=O)OCC(COCCCCOc1ccc(C=O)cc1)OC(=O)C=C. The van der Waals surface area contributed by atoms with Crippen molar-refractivity contribution in [3.05, 3.63) is 55.1 Å². The zero-order valence-corrected chi connectivity index (χ0v) is 15.1. The summed E-state index contributed by atoms with van der Waals surface area (Å²) >= 11 is 0. The molecule has 0 amide bonds. The molecule has 7 nitrogen and oxygen atoms in total. The van der Waals surface area contributed by atoms with Crippen LogP contribution in [0.5, 0.6) is 5.75 Å². The predicted octanol–water partition coefficient (Wildman–Crippen LogP) is 2.50. The molecule has 0 aliphatic carbocycles. The Labute approximate surface area is 158 Å². The Bertz CT molecular complexity index is 622. The van der Waals surface area contributed by atoms with Gasteiger partial charge in [0, 0.05) is 24.3 Å². The zero-order valence-electron chi connectivity index (χ0n) is 15.1. The van der Waals surface area contributed by atoms with Crippen LogP contribution in [0, 0.1) is 0 Å². The smallest absolute Gasteiger partial charge is 0.330 e. The molecule has 0 aromatic heterocycles. The highest BCUT2D eigenvalue weighted by Crippen LogP contribution is 2.11. The van der Waals surface area contributed by atoms with Crippen LogP contribution in [0.15, 0.2) is 49.6 Å². The van der Waals surface area contributed by atoms with Crippen molar-refractivity contribution in [2.24, 2.45) is 0 Å². The number of hydrogen-bond donors (Lipinski definition) is 0. The van der Waals surface area contributed by atoms with E-state index < -0.39 is 18.0 Å². The monoisotopic (exact) mass is 376 g/mol. The van der Waals surface area contributed by atoms with E-state index in [4.69, 9.17) is 18.9 Å². The van der Waals surface area contributed by atoms with Gasteiger partial charge in [0.1, 0.15) is 18.6 Å². The van der Waals surface area contributed by atoms with Crippen molar-refractivity contribution in [2.75, 3.05) is 26.4 Å². The third-order valence-electron chi connectivity index (χ3n) is 3.30. The average Bonchev–Trinajstić information content (AvgIpc) is 2.70. The molecule has 1 rings (SSSR count). The van der Waals surface area contributed by atoms with Gasteiger partial charge in [0.2, 0.25) is 0 Å². The minimum absolute atomic E-state index is 0.0953. The lowest BCUT2D eigenvalue weighted by atomic mass is 10.2. The van der Waals surface area contributed by atoms with E-state index in [1.54, 1.807) is 24.3 Å². The highest BCUT2D eigenvalue weighted by molar-refractivity contribution is 5.82. The lowest BCUT2D eigenvalue weighted by Gasteiger charge is -2.17. The maximum Gasteiger partial charge on any atom is 0.330 e. The van der Waals surface area contributed by atoms with Gasteiger partial charge in [-0.1, -0.05) is 13.2 Å². The van der Waals surface area contributed by atoms with Crippen LogP contribution in [0.3, 0.4) is 0 Å². The molecule has 0 aliphatic rings. The summed E-state index contributed by atoms with van der Waals surface area (Å²) in [6.45, 7) is 7.53. The van der Waals surface area contributed by atoms with Crippen LogP contribution in [0.25, 0.3) is 0 Å². The van der Waals surface area contributed by atoms with Gasteiger partial charge in [-0.05, 0) is 37.1 Å². The first-order valence-corrected chi connectivity index (χ1v) is 8.47. The molecule has 0 aliphatic heterocycles. The minimum atomic E-state index is -0.716. The van der Waals surface area contributed by atoms with Crippen LogP contribution < -0.4 is 4.74 Å². The second-order valence-corrected chi connectivity index (χ2v) is 5.41. The Hall–Kier alpha value is -2.93. The fourth-order valence-electron chi connectivity index (χ4n) is 1.92. The zero-order chi connectivity index (χ0) is 19.9. The quantitative estimate of drug-likeness (QED) is 0.213. The lowest BCUT2D eigenvalue weighted by molar-refractivity contribution is -0.156. The van der Waals surface area contributed by atoms with Gasteiger partial charge in [-0.3, -0.25) is 4.79 Å². The summed E-state index contributed by atoms with van der Waals surface area (Å²) in [5.74, 6) is -0.526. The molecule has 0 fully saturated rings. The van der Waals surface area contributed by atoms with Crippen LogP contribution in [0.4, 0.5) is 0 Å². The molecular weight excluding hydrogens is 352 g/mol. The van der Waals surface area contributed by atoms with Crippen molar-refractivity contribution < 1.29 is 33.3 Å². The number of benzene rings is 1. The van der Waals surface area contributed by atoms with Crippen molar-refractivity contribution in [3.8, 4) is 5.75 Å². The van der Waals surface area contributed by atoms with Crippen LogP contribution >= 0.6 is 0 Å². The Morgan fingerprint density at radius 2 is 1.63 bits per heavy atom. The first-order valence-electron chi connectivity index (χ1n) is 8.47. The standard InChI is InChI=1S/C20H24O7/c1-3-19(22)26-15-18(27-20(23)4-2)14-24-11-5-6-12-25-17-9-7-16(13-21)8-10-17/h3-4,7-10,13,18H,1-2,5-6,11-12,14-15H2.